The molecule has 1 aromatic heterocycles. The number of rotatable bonds is 5. The third-order valence-corrected chi connectivity index (χ3v) is 3.77. The molecule has 2 aliphatic heterocycles. The van der Waals surface area contributed by atoms with E-state index in [-0.39, 0.29) is 38.1 Å². The number of urea groups is 1. The minimum absolute atomic E-state index is 0.00344. The molecule has 1 saturated heterocycles. The zero-order valence-corrected chi connectivity index (χ0v) is 13.4. The van der Waals surface area contributed by atoms with Crippen LogP contribution in [0.1, 0.15) is 5.82 Å². The Morgan fingerprint density at radius 1 is 1.27 bits per heavy atom. The SMILES string of the molecule is O=C(CN1C(=O)CNC1=O)NCc1noc(-c2ccc3c(c2)OCO3)n1. The van der Waals surface area contributed by atoms with Gasteiger partial charge in [0.25, 0.3) is 11.8 Å². The van der Waals surface area contributed by atoms with Crippen molar-refractivity contribution in [1.82, 2.24) is 25.7 Å². The summed E-state index contributed by atoms with van der Waals surface area (Å²) in [5, 5.41) is 8.65. The predicted octanol–water partition coefficient (Wildman–Crippen LogP) is -0.367. The standard InChI is InChI=1S/C15H13N5O6/c21-12(6-20-13(22)5-17-15(20)23)16-4-11-18-14(26-19-11)8-1-2-9-10(3-8)25-7-24-9/h1-3H,4-7H2,(H,16,21)(H,17,23). The lowest BCUT2D eigenvalue weighted by Crippen LogP contribution is -2.40. The number of carbonyl (C=O) groups is 3. The molecule has 1 aromatic carbocycles. The molecule has 2 aliphatic rings. The molecule has 2 aromatic rings. The van der Waals surface area contributed by atoms with Crippen LogP contribution < -0.4 is 20.1 Å². The number of amides is 4. The number of nitrogens with one attached hydrogen (secondary N) is 2. The number of fused-ring (bicyclic) bond motifs is 1. The predicted molar refractivity (Wildman–Crippen MR) is 82.8 cm³/mol. The highest BCUT2D eigenvalue weighted by molar-refractivity contribution is 6.04. The molecule has 4 amide bonds. The van der Waals surface area contributed by atoms with E-state index in [1.165, 1.54) is 0 Å². The second-order valence-corrected chi connectivity index (χ2v) is 5.50. The minimum atomic E-state index is -0.588. The molecule has 0 unspecified atom stereocenters. The molecule has 0 saturated carbocycles. The summed E-state index contributed by atoms with van der Waals surface area (Å²) in [5.41, 5.74) is 0.652. The van der Waals surface area contributed by atoms with E-state index in [1.807, 2.05) is 0 Å². The van der Waals surface area contributed by atoms with Crippen LogP contribution in [0.5, 0.6) is 11.5 Å². The van der Waals surface area contributed by atoms with Gasteiger partial charge in [0, 0.05) is 5.56 Å². The number of hydrogen-bond donors (Lipinski definition) is 2. The van der Waals surface area contributed by atoms with Crippen LogP contribution in [0.2, 0.25) is 0 Å². The van der Waals surface area contributed by atoms with E-state index >= 15 is 0 Å². The smallest absolute Gasteiger partial charge is 0.325 e. The Morgan fingerprint density at radius 2 is 2.12 bits per heavy atom. The highest BCUT2D eigenvalue weighted by Gasteiger charge is 2.30. The van der Waals surface area contributed by atoms with Gasteiger partial charge in [-0.2, -0.15) is 4.98 Å². The van der Waals surface area contributed by atoms with Gasteiger partial charge in [-0.3, -0.25) is 14.5 Å². The van der Waals surface area contributed by atoms with Crippen LogP contribution in [0, 0.1) is 0 Å². The second kappa shape index (κ2) is 6.35. The normalized spacial score (nSPS) is 15.3. The summed E-state index contributed by atoms with van der Waals surface area (Å²) in [6, 6.07) is 4.62. The fraction of sp³-hybridized carbons (Fsp3) is 0.267. The molecular formula is C15H13N5O6. The molecule has 26 heavy (non-hydrogen) atoms. The van der Waals surface area contributed by atoms with E-state index in [1.54, 1.807) is 18.2 Å². The molecule has 0 atom stereocenters. The molecule has 11 nitrogen and oxygen atoms in total. The van der Waals surface area contributed by atoms with Crippen LogP contribution in [0.15, 0.2) is 22.7 Å². The largest absolute Gasteiger partial charge is 0.454 e. The van der Waals surface area contributed by atoms with E-state index in [2.05, 4.69) is 20.8 Å². The summed E-state index contributed by atoms with van der Waals surface area (Å²) in [6.07, 6.45) is 0. The number of aromatic nitrogens is 2. The maximum Gasteiger partial charge on any atom is 0.325 e. The van der Waals surface area contributed by atoms with Crippen molar-refractivity contribution in [3.63, 3.8) is 0 Å². The molecule has 11 heteroatoms. The third kappa shape index (κ3) is 3.01. The topological polar surface area (TPSA) is 136 Å². The van der Waals surface area contributed by atoms with Crippen LogP contribution >= 0.6 is 0 Å². The van der Waals surface area contributed by atoms with Crippen molar-refractivity contribution in [2.75, 3.05) is 19.9 Å². The van der Waals surface area contributed by atoms with E-state index in [9.17, 15) is 14.4 Å². The van der Waals surface area contributed by atoms with E-state index < -0.39 is 17.8 Å². The molecule has 2 N–H and O–H groups in total. The van der Waals surface area contributed by atoms with Crippen molar-refractivity contribution in [3.8, 4) is 23.0 Å². The molecular weight excluding hydrogens is 346 g/mol. The van der Waals surface area contributed by atoms with Crippen molar-refractivity contribution < 1.29 is 28.4 Å². The van der Waals surface area contributed by atoms with Gasteiger partial charge in [0.1, 0.15) is 6.54 Å². The van der Waals surface area contributed by atoms with Crippen LogP contribution in [0.25, 0.3) is 11.5 Å². The second-order valence-electron chi connectivity index (χ2n) is 5.50. The Labute approximate surface area is 146 Å². The Hall–Kier alpha value is -3.63. The average molecular weight is 359 g/mol. The first-order valence-corrected chi connectivity index (χ1v) is 7.67. The quantitative estimate of drug-likeness (QED) is 0.691. The lowest BCUT2D eigenvalue weighted by Gasteiger charge is -2.11. The first kappa shape index (κ1) is 15.9. The highest BCUT2D eigenvalue weighted by atomic mass is 16.7. The number of nitrogens with zero attached hydrogens (tertiary/aromatic N) is 3. The summed E-state index contributed by atoms with van der Waals surface area (Å²) in [6.45, 7) is -0.304. The molecule has 0 spiro atoms. The van der Waals surface area contributed by atoms with Gasteiger partial charge in [0.2, 0.25) is 12.7 Å². The first-order chi connectivity index (χ1) is 12.6. The lowest BCUT2D eigenvalue weighted by atomic mass is 10.2. The van der Waals surface area contributed by atoms with E-state index in [0.29, 0.717) is 17.1 Å². The zero-order valence-electron chi connectivity index (χ0n) is 13.4. The van der Waals surface area contributed by atoms with Gasteiger partial charge in [-0.05, 0) is 18.2 Å². The van der Waals surface area contributed by atoms with Crippen LogP contribution in [-0.2, 0) is 16.1 Å². The summed E-state index contributed by atoms with van der Waals surface area (Å²) in [7, 11) is 0. The number of benzene rings is 1. The van der Waals surface area contributed by atoms with Crippen molar-refractivity contribution in [2.24, 2.45) is 0 Å². The van der Waals surface area contributed by atoms with Crippen LogP contribution in [0.4, 0.5) is 4.79 Å². The highest BCUT2D eigenvalue weighted by Crippen LogP contribution is 2.35. The fourth-order valence-corrected chi connectivity index (χ4v) is 2.47. The Kier molecular flexibility index (Phi) is 3.88. The molecule has 3 heterocycles. The Bertz CT molecular complexity index is 878. The monoisotopic (exact) mass is 359 g/mol. The van der Waals surface area contributed by atoms with Gasteiger partial charge in [0.15, 0.2) is 17.3 Å². The molecule has 1 fully saturated rings. The molecule has 4 rings (SSSR count). The molecule has 0 radical (unpaired) electrons. The van der Waals surface area contributed by atoms with Gasteiger partial charge in [-0.25, -0.2) is 4.79 Å². The van der Waals surface area contributed by atoms with Gasteiger partial charge in [-0.1, -0.05) is 5.16 Å². The molecule has 134 valence electrons. The fourth-order valence-electron chi connectivity index (χ4n) is 2.47. The van der Waals surface area contributed by atoms with Crippen molar-refractivity contribution in [3.05, 3.63) is 24.0 Å². The first-order valence-electron chi connectivity index (χ1n) is 7.67. The lowest BCUT2D eigenvalue weighted by molar-refractivity contribution is -0.130. The molecule has 0 aliphatic carbocycles. The van der Waals surface area contributed by atoms with E-state index in [4.69, 9.17) is 14.0 Å². The summed E-state index contributed by atoms with van der Waals surface area (Å²) >= 11 is 0. The van der Waals surface area contributed by atoms with Crippen molar-refractivity contribution in [2.45, 2.75) is 6.54 Å². The maximum atomic E-state index is 11.9. The van der Waals surface area contributed by atoms with Crippen molar-refractivity contribution in [1.29, 1.82) is 0 Å². The summed E-state index contributed by atoms with van der Waals surface area (Å²) in [5.74, 6) is 0.787. The van der Waals surface area contributed by atoms with Gasteiger partial charge >= 0.3 is 6.03 Å². The zero-order chi connectivity index (χ0) is 18.1. The number of carbonyl (C=O) groups excluding carboxylic acids is 3. The average Bonchev–Trinajstić information content (AvgIpc) is 3.35. The van der Waals surface area contributed by atoms with Crippen molar-refractivity contribution >= 4 is 17.8 Å². The van der Waals surface area contributed by atoms with E-state index in [0.717, 1.165) is 4.90 Å². The maximum absolute atomic E-state index is 11.9. The summed E-state index contributed by atoms with van der Waals surface area (Å²) in [4.78, 5) is 39.7. The van der Waals surface area contributed by atoms with Crippen LogP contribution in [-0.4, -0.2) is 52.8 Å². The van der Waals surface area contributed by atoms with Gasteiger partial charge in [0.05, 0.1) is 13.1 Å². The van der Waals surface area contributed by atoms with Crippen LogP contribution in [0.3, 0.4) is 0 Å². The number of imide groups is 1. The molecule has 0 bridgehead atoms. The number of ether oxygens (including phenoxy) is 2. The summed E-state index contributed by atoms with van der Waals surface area (Å²) < 4.78 is 15.7. The Balaban J connectivity index is 1.36. The third-order valence-electron chi connectivity index (χ3n) is 3.77. The number of hydrogen-bond acceptors (Lipinski definition) is 8. The Morgan fingerprint density at radius 3 is 2.92 bits per heavy atom. The minimum Gasteiger partial charge on any atom is -0.454 e. The van der Waals surface area contributed by atoms with Gasteiger partial charge in [-0.15, -0.1) is 0 Å². The van der Waals surface area contributed by atoms with Gasteiger partial charge < -0.3 is 24.6 Å².